The summed E-state index contributed by atoms with van der Waals surface area (Å²) in [7, 11) is -1.54. The first-order valence-corrected chi connectivity index (χ1v) is 9.38. The van der Waals surface area contributed by atoms with Crippen LogP contribution >= 0.6 is 0 Å². The highest BCUT2D eigenvalue weighted by Crippen LogP contribution is 2.31. The van der Waals surface area contributed by atoms with Gasteiger partial charge in [0.25, 0.3) is 0 Å². The molecule has 0 saturated carbocycles. The number of aryl methyl sites for hydroxylation is 1. The second kappa shape index (κ2) is 6.92. The van der Waals surface area contributed by atoms with Crippen molar-refractivity contribution in [2.45, 2.75) is 37.2 Å². The van der Waals surface area contributed by atoms with E-state index >= 15 is 0 Å². The van der Waals surface area contributed by atoms with Crippen molar-refractivity contribution in [1.29, 1.82) is 0 Å². The van der Waals surface area contributed by atoms with Crippen LogP contribution in [-0.2, 0) is 16.6 Å². The molecule has 0 bridgehead atoms. The molecule has 1 N–H and O–H groups in total. The minimum absolute atomic E-state index is 0.151. The Morgan fingerprint density at radius 2 is 2.21 bits per heavy atom. The summed E-state index contributed by atoms with van der Waals surface area (Å²) in [5.74, 6) is 0.698. The molecular formula is C16H21N5O2S. The van der Waals surface area contributed by atoms with Crippen LogP contribution in [0, 0.1) is 6.92 Å². The number of aromatic nitrogens is 3. The molecule has 0 aliphatic carbocycles. The molecule has 1 aliphatic rings. The number of pyridine rings is 1. The van der Waals surface area contributed by atoms with Gasteiger partial charge in [-0.25, -0.2) is 23.1 Å². The number of hydrogen-bond acceptors (Lipinski definition) is 6. The zero-order chi connectivity index (χ0) is 17.2. The Kier molecular flexibility index (Phi) is 4.88. The zero-order valence-electron chi connectivity index (χ0n) is 13.8. The summed E-state index contributed by atoms with van der Waals surface area (Å²) in [6, 6.07) is 3.33. The lowest BCUT2D eigenvalue weighted by Gasteiger charge is -2.21. The molecule has 0 unspecified atom stereocenters. The maximum Gasteiger partial charge on any atom is 0.242 e. The lowest BCUT2D eigenvalue weighted by atomic mass is 10.1. The van der Waals surface area contributed by atoms with Crippen molar-refractivity contribution in [3.8, 4) is 0 Å². The molecule has 24 heavy (non-hydrogen) atoms. The third-order valence-electron chi connectivity index (χ3n) is 4.25. The standard InChI is InChI=1S/C16H21N5O2S/c1-12-18-9-13(16(20-12)15-6-4-8-21(15)2)10-19-24(22,23)14-5-3-7-17-11-14/h3,5,7,9,11,15,19H,4,6,8,10H2,1-2H3/t15-/m1/s1. The SMILES string of the molecule is Cc1ncc(CNS(=O)(=O)c2cccnc2)c([C@H]2CCCN2C)n1. The molecule has 0 aromatic carbocycles. The molecule has 0 amide bonds. The molecule has 1 aliphatic heterocycles. The number of rotatable bonds is 5. The molecule has 128 valence electrons. The van der Waals surface area contributed by atoms with Crippen LogP contribution in [0.25, 0.3) is 0 Å². The van der Waals surface area contributed by atoms with E-state index in [4.69, 9.17) is 0 Å². The molecule has 8 heteroatoms. The van der Waals surface area contributed by atoms with Gasteiger partial charge < -0.3 is 0 Å². The average Bonchev–Trinajstić information content (AvgIpc) is 3.00. The third-order valence-corrected chi connectivity index (χ3v) is 5.64. The second-order valence-electron chi connectivity index (χ2n) is 5.98. The van der Waals surface area contributed by atoms with Crippen LogP contribution in [-0.4, -0.2) is 41.9 Å². The van der Waals surface area contributed by atoms with Gasteiger partial charge in [0, 0.05) is 30.7 Å². The fourth-order valence-corrected chi connectivity index (χ4v) is 3.92. The quantitative estimate of drug-likeness (QED) is 0.880. The number of nitrogens with one attached hydrogen (secondary N) is 1. The van der Waals surface area contributed by atoms with Gasteiger partial charge in [-0.3, -0.25) is 9.88 Å². The van der Waals surface area contributed by atoms with Crippen LogP contribution in [0.1, 0.15) is 36.0 Å². The van der Waals surface area contributed by atoms with Gasteiger partial charge in [0.15, 0.2) is 0 Å². The molecule has 2 aromatic heterocycles. The average molecular weight is 347 g/mol. The third kappa shape index (κ3) is 3.61. The van der Waals surface area contributed by atoms with Crippen molar-refractivity contribution in [3.63, 3.8) is 0 Å². The Morgan fingerprint density at radius 1 is 1.38 bits per heavy atom. The van der Waals surface area contributed by atoms with Crippen LogP contribution in [0.2, 0.25) is 0 Å². The highest BCUT2D eigenvalue weighted by molar-refractivity contribution is 7.89. The largest absolute Gasteiger partial charge is 0.298 e. The monoisotopic (exact) mass is 347 g/mol. The van der Waals surface area contributed by atoms with Crippen molar-refractivity contribution in [2.75, 3.05) is 13.6 Å². The second-order valence-corrected chi connectivity index (χ2v) is 7.75. The van der Waals surface area contributed by atoms with Gasteiger partial charge in [-0.15, -0.1) is 0 Å². The predicted molar refractivity (Wildman–Crippen MR) is 89.6 cm³/mol. The van der Waals surface area contributed by atoms with Gasteiger partial charge >= 0.3 is 0 Å². The maximum absolute atomic E-state index is 12.4. The lowest BCUT2D eigenvalue weighted by molar-refractivity contribution is 0.309. The van der Waals surface area contributed by atoms with Gasteiger partial charge in [-0.2, -0.15) is 0 Å². The normalized spacial score (nSPS) is 18.8. The maximum atomic E-state index is 12.4. The van der Waals surface area contributed by atoms with Crippen molar-refractivity contribution < 1.29 is 8.42 Å². The Morgan fingerprint density at radius 3 is 2.88 bits per heavy atom. The molecule has 3 rings (SSSR count). The van der Waals surface area contributed by atoms with Crippen molar-refractivity contribution in [3.05, 3.63) is 47.8 Å². The molecule has 7 nitrogen and oxygen atoms in total. The van der Waals surface area contributed by atoms with E-state index in [0.29, 0.717) is 5.82 Å². The highest BCUT2D eigenvalue weighted by Gasteiger charge is 2.27. The van der Waals surface area contributed by atoms with E-state index in [9.17, 15) is 8.42 Å². The predicted octanol–water partition coefficient (Wildman–Crippen LogP) is 1.43. The van der Waals surface area contributed by atoms with Crippen molar-refractivity contribution >= 4 is 10.0 Å². The zero-order valence-corrected chi connectivity index (χ0v) is 14.6. The first-order chi connectivity index (χ1) is 11.5. The minimum Gasteiger partial charge on any atom is -0.298 e. The van der Waals surface area contributed by atoms with E-state index in [0.717, 1.165) is 30.6 Å². The van der Waals surface area contributed by atoms with Gasteiger partial charge in [0.2, 0.25) is 10.0 Å². The van der Waals surface area contributed by atoms with Crippen molar-refractivity contribution in [1.82, 2.24) is 24.6 Å². The van der Waals surface area contributed by atoms with E-state index in [-0.39, 0.29) is 17.5 Å². The van der Waals surface area contributed by atoms with Gasteiger partial charge in [0.05, 0.1) is 11.7 Å². The lowest BCUT2D eigenvalue weighted by Crippen LogP contribution is -2.26. The Balaban J connectivity index is 1.83. The van der Waals surface area contributed by atoms with Crippen LogP contribution < -0.4 is 4.72 Å². The fourth-order valence-electron chi connectivity index (χ4n) is 2.96. The number of hydrogen-bond donors (Lipinski definition) is 1. The number of sulfonamides is 1. The topological polar surface area (TPSA) is 88.1 Å². The smallest absolute Gasteiger partial charge is 0.242 e. The van der Waals surface area contributed by atoms with E-state index in [2.05, 4.69) is 31.6 Å². The molecule has 1 atom stereocenters. The Hall–Kier alpha value is -1.90. The van der Waals surface area contributed by atoms with E-state index < -0.39 is 10.0 Å². The summed E-state index contributed by atoms with van der Waals surface area (Å²) >= 11 is 0. The molecule has 2 aromatic rings. The van der Waals surface area contributed by atoms with E-state index in [1.165, 1.54) is 12.3 Å². The summed E-state index contributed by atoms with van der Waals surface area (Å²) < 4.78 is 27.4. The van der Waals surface area contributed by atoms with E-state index in [1.807, 2.05) is 6.92 Å². The van der Waals surface area contributed by atoms with Crippen LogP contribution in [0.15, 0.2) is 35.6 Å². The van der Waals surface area contributed by atoms with Crippen LogP contribution in [0.3, 0.4) is 0 Å². The molecule has 3 heterocycles. The Labute approximate surface area is 142 Å². The molecule has 1 saturated heterocycles. The first-order valence-electron chi connectivity index (χ1n) is 7.90. The fraction of sp³-hybridized carbons (Fsp3) is 0.438. The van der Waals surface area contributed by atoms with E-state index in [1.54, 1.807) is 18.5 Å². The van der Waals surface area contributed by atoms with Gasteiger partial charge in [-0.1, -0.05) is 0 Å². The molecular weight excluding hydrogens is 326 g/mol. The molecule has 0 spiro atoms. The van der Waals surface area contributed by atoms with Crippen molar-refractivity contribution in [2.24, 2.45) is 0 Å². The van der Waals surface area contributed by atoms with Crippen LogP contribution in [0.5, 0.6) is 0 Å². The van der Waals surface area contributed by atoms with Crippen LogP contribution in [0.4, 0.5) is 0 Å². The summed E-state index contributed by atoms with van der Waals surface area (Å²) in [6.45, 7) is 3.04. The molecule has 1 fully saturated rings. The minimum atomic E-state index is -3.60. The summed E-state index contributed by atoms with van der Waals surface area (Å²) in [6.07, 6.45) is 6.73. The highest BCUT2D eigenvalue weighted by atomic mass is 32.2. The summed E-state index contributed by atoms with van der Waals surface area (Å²) in [5.41, 5.74) is 1.73. The Bertz CT molecular complexity index is 810. The first kappa shape index (κ1) is 16.9. The van der Waals surface area contributed by atoms with Gasteiger partial charge in [0.1, 0.15) is 10.7 Å². The summed E-state index contributed by atoms with van der Waals surface area (Å²) in [5, 5.41) is 0. The molecule has 0 radical (unpaired) electrons. The number of nitrogens with zero attached hydrogens (tertiary/aromatic N) is 4. The summed E-state index contributed by atoms with van der Waals surface area (Å²) in [4.78, 5) is 15.1. The number of likely N-dealkylation sites (tertiary alicyclic amines) is 1. The van der Waals surface area contributed by atoms with Gasteiger partial charge in [-0.05, 0) is 45.5 Å².